The maximum atomic E-state index is 13.2. The molecule has 0 radical (unpaired) electrons. The number of hydrogen-bond donors (Lipinski definition) is 0. The summed E-state index contributed by atoms with van der Waals surface area (Å²) in [6, 6.07) is 14.0. The van der Waals surface area contributed by atoms with E-state index in [2.05, 4.69) is 32.0 Å². The summed E-state index contributed by atoms with van der Waals surface area (Å²) in [5.74, 6) is 0.986. The van der Waals surface area contributed by atoms with Gasteiger partial charge in [0, 0.05) is 31.8 Å². The Morgan fingerprint density at radius 3 is 2.63 bits per heavy atom. The summed E-state index contributed by atoms with van der Waals surface area (Å²) in [6.45, 7) is 6.32. The second kappa shape index (κ2) is 9.04. The minimum absolute atomic E-state index is 0.00376. The molecule has 0 N–H and O–H groups in total. The van der Waals surface area contributed by atoms with E-state index in [1.165, 1.54) is 16.7 Å². The summed E-state index contributed by atoms with van der Waals surface area (Å²) >= 11 is 1.60. The van der Waals surface area contributed by atoms with E-state index in [0.717, 1.165) is 35.8 Å². The van der Waals surface area contributed by atoms with Crippen LogP contribution in [0.1, 0.15) is 36.0 Å². The van der Waals surface area contributed by atoms with Gasteiger partial charge in [0.2, 0.25) is 5.91 Å². The van der Waals surface area contributed by atoms with Crippen molar-refractivity contribution in [3.05, 3.63) is 69.5 Å². The number of nitrogens with zero attached hydrogens (tertiary/aromatic N) is 3. The van der Waals surface area contributed by atoms with Crippen molar-refractivity contribution in [3.63, 3.8) is 0 Å². The number of aryl methyl sites for hydroxylation is 2. The molecule has 3 aromatic rings. The van der Waals surface area contributed by atoms with Crippen LogP contribution in [0.15, 0.2) is 52.4 Å². The zero-order chi connectivity index (χ0) is 21.1. The van der Waals surface area contributed by atoms with Crippen LogP contribution >= 0.6 is 11.8 Å². The van der Waals surface area contributed by atoms with Gasteiger partial charge in [0.25, 0.3) is 5.56 Å². The fourth-order valence-corrected chi connectivity index (χ4v) is 4.82. The first kappa shape index (κ1) is 20.7. The van der Waals surface area contributed by atoms with Crippen molar-refractivity contribution in [2.24, 2.45) is 0 Å². The van der Waals surface area contributed by atoms with Gasteiger partial charge in [-0.25, -0.2) is 4.98 Å². The van der Waals surface area contributed by atoms with Crippen LogP contribution in [0.5, 0.6) is 0 Å². The van der Waals surface area contributed by atoms with Crippen LogP contribution in [-0.2, 0) is 17.1 Å². The Kier molecular flexibility index (Phi) is 6.23. The van der Waals surface area contributed by atoms with Gasteiger partial charge in [0.05, 0.1) is 10.9 Å². The molecule has 0 spiro atoms. The quantitative estimate of drug-likeness (QED) is 0.421. The van der Waals surface area contributed by atoms with Gasteiger partial charge in [0.15, 0.2) is 5.16 Å². The monoisotopic (exact) mass is 421 g/mol. The zero-order valence-electron chi connectivity index (χ0n) is 17.6. The number of thioether (sulfide) groups is 1. The first-order valence-electron chi connectivity index (χ1n) is 10.5. The maximum absolute atomic E-state index is 13.2. The minimum Gasteiger partial charge on any atom is -0.343 e. The summed E-state index contributed by atoms with van der Waals surface area (Å²) in [5, 5.41) is 1.38. The van der Waals surface area contributed by atoms with Crippen molar-refractivity contribution in [2.45, 2.75) is 50.6 Å². The summed E-state index contributed by atoms with van der Waals surface area (Å²) in [4.78, 5) is 31.8. The molecular formula is C24H27N3O2S. The number of aromatic nitrogens is 2. The SMILES string of the molecule is Cc1ccc(CSc2nc3ccccc3c(=O)n2CCCN2CCCC2=O)cc1C. The summed E-state index contributed by atoms with van der Waals surface area (Å²) in [6.07, 6.45) is 2.34. The molecule has 0 bridgehead atoms. The van der Waals surface area contributed by atoms with Crippen molar-refractivity contribution in [2.75, 3.05) is 13.1 Å². The summed E-state index contributed by atoms with van der Waals surface area (Å²) in [7, 11) is 0. The highest BCUT2D eigenvalue weighted by atomic mass is 32.2. The lowest BCUT2D eigenvalue weighted by atomic mass is 10.1. The van der Waals surface area contributed by atoms with Crippen molar-refractivity contribution < 1.29 is 4.79 Å². The van der Waals surface area contributed by atoms with E-state index in [9.17, 15) is 9.59 Å². The third-order valence-electron chi connectivity index (χ3n) is 5.75. The molecule has 2 aromatic carbocycles. The first-order chi connectivity index (χ1) is 14.5. The number of rotatable bonds is 7. The summed E-state index contributed by atoms with van der Waals surface area (Å²) < 4.78 is 1.79. The smallest absolute Gasteiger partial charge is 0.262 e. The number of likely N-dealkylation sites (tertiary alicyclic amines) is 1. The molecule has 0 unspecified atom stereocenters. The van der Waals surface area contributed by atoms with E-state index in [4.69, 9.17) is 4.98 Å². The number of amides is 1. The lowest BCUT2D eigenvalue weighted by molar-refractivity contribution is -0.127. The van der Waals surface area contributed by atoms with Crippen LogP contribution in [0, 0.1) is 13.8 Å². The highest BCUT2D eigenvalue weighted by Crippen LogP contribution is 2.24. The lowest BCUT2D eigenvalue weighted by Crippen LogP contribution is -2.29. The van der Waals surface area contributed by atoms with Gasteiger partial charge >= 0.3 is 0 Å². The van der Waals surface area contributed by atoms with Crippen LogP contribution in [0.3, 0.4) is 0 Å². The molecule has 1 amide bonds. The molecule has 4 rings (SSSR count). The second-order valence-electron chi connectivity index (χ2n) is 7.91. The van der Waals surface area contributed by atoms with Gasteiger partial charge in [0.1, 0.15) is 0 Å². The molecule has 0 atom stereocenters. The lowest BCUT2D eigenvalue weighted by Gasteiger charge is -2.17. The molecule has 1 aliphatic heterocycles. The normalized spacial score (nSPS) is 14.1. The number of carbonyl (C=O) groups excluding carboxylic acids is 1. The molecule has 30 heavy (non-hydrogen) atoms. The van der Waals surface area contributed by atoms with Crippen LogP contribution in [0.25, 0.3) is 10.9 Å². The fraction of sp³-hybridized carbons (Fsp3) is 0.375. The van der Waals surface area contributed by atoms with Crippen molar-refractivity contribution >= 4 is 28.6 Å². The van der Waals surface area contributed by atoms with Gasteiger partial charge in [-0.3, -0.25) is 14.2 Å². The molecule has 1 fully saturated rings. The Hall–Kier alpha value is -2.60. The number of benzene rings is 2. The van der Waals surface area contributed by atoms with Crippen LogP contribution in [-0.4, -0.2) is 33.4 Å². The van der Waals surface area contributed by atoms with Gasteiger partial charge in [-0.05, 0) is 55.5 Å². The Morgan fingerprint density at radius 1 is 1.03 bits per heavy atom. The van der Waals surface area contributed by atoms with Gasteiger partial charge in [-0.1, -0.05) is 42.1 Å². The highest BCUT2D eigenvalue weighted by Gasteiger charge is 2.20. The molecule has 2 heterocycles. The molecule has 0 saturated carbocycles. The maximum Gasteiger partial charge on any atom is 0.262 e. The number of hydrogen-bond acceptors (Lipinski definition) is 4. The second-order valence-corrected chi connectivity index (χ2v) is 8.86. The molecule has 1 aliphatic rings. The molecule has 156 valence electrons. The van der Waals surface area contributed by atoms with E-state index >= 15 is 0 Å². The van der Waals surface area contributed by atoms with Crippen molar-refractivity contribution in [1.29, 1.82) is 0 Å². The first-order valence-corrected chi connectivity index (χ1v) is 11.5. The predicted octanol–water partition coefficient (Wildman–Crippen LogP) is 4.32. The third-order valence-corrected chi connectivity index (χ3v) is 6.79. The standard InChI is InChI=1S/C24H27N3O2S/c1-17-10-11-19(15-18(17)2)16-30-24-25-21-8-4-3-7-20(21)23(29)27(24)14-6-13-26-12-5-9-22(26)28/h3-4,7-8,10-11,15H,5-6,9,12-14,16H2,1-2H3. The minimum atomic E-state index is -0.00376. The Balaban J connectivity index is 1.57. The van der Waals surface area contributed by atoms with E-state index in [1.807, 2.05) is 29.2 Å². The van der Waals surface area contributed by atoms with Crippen molar-refractivity contribution in [3.8, 4) is 0 Å². The van der Waals surface area contributed by atoms with Crippen molar-refractivity contribution in [1.82, 2.24) is 14.5 Å². The largest absolute Gasteiger partial charge is 0.343 e. The van der Waals surface area contributed by atoms with Crippen LogP contribution in [0.2, 0.25) is 0 Å². The summed E-state index contributed by atoms with van der Waals surface area (Å²) in [5.41, 5.74) is 4.50. The zero-order valence-corrected chi connectivity index (χ0v) is 18.4. The Labute approximate surface area is 181 Å². The topological polar surface area (TPSA) is 55.2 Å². The van der Waals surface area contributed by atoms with Gasteiger partial charge < -0.3 is 4.90 Å². The van der Waals surface area contributed by atoms with Crippen LogP contribution in [0.4, 0.5) is 0 Å². The Morgan fingerprint density at radius 2 is 1.87 bits per heavy atom. The highest BCUT2D eigenvalue weighted by molar-refractivity contribution is 7.98. The Bertz CT molecular complexity index is 1140. The van der Waals surface area contributed by atoms with E-state index in [1.54, 1.807) is 16.3 Å². The molecule has 5 nitrogen and oxygen atoms in total. The predicted molar refractivity (Wildman–Crippen MR) is 122 cm³/mol. The molecule has 1 saturated heterocycles. The fourth-order valence-electron chi connectivity index (χ4n) is 3.86. The molecular weight excluding hydrogens is 394 g/mol. The average Bonchev–Trinajstić information content (AvgIpc) is 3.15. The molecule has 0 aliphatic carbocycles. The molecule has 1 aromatic heterocycles. The van der Waals surface area contributed by atoms with Crippen LogP contribution < -0.4 is 5.56 Å². The third kappa shape index (κ3) is 4.43. The number of fused-ring (bicyclic) bond motifs is 1. The molecule has 6 heteroatoms. The number of carbonyl (C=O) groups is 1. The van der Waals surface area contributed by atoms with E-state index < -0.39 is 0 Å². The van der Waals surface area contributed by atoms with E-state index in [-0.39, 0.29) is 11.5 Å². The van der Waals surface area contributed by atoms with Gasteiger partial charge in [-0.15, -0.1) is 0 Å². The average molecular weight is 422 g/mol. The number of para-hydroxylation sites is 1. The van der Waals surface area contributed by atoms with Gasteiger partial charge in [-0.2, -0.15) is 0 Å². The van der Waals surface area contributed by atoms with E-state index in [0.29, 0.717) is 24.9 Å².